The summed E-state index contributed by atoms with van der Waals surface area (Å²) in [5.41, 5.74) is 5.68. The highest BCUT2D eigenvalue weighted by Crippen LogP contribution is 2.47. The highest BCUT2D eigenvalue weighted by atomic mass is 35.5. The number of hydrogen-bond donors (Lipinski definition) is 1. The van der Waals surface area contributed by atoms with Crippen molar-refractivity contribution >= 4 is 60.7 Å². The zero-order valence-corrected chi connectivity index (χ0v) is 31.4. The first-order valence-electron chi connectivity index (χ1n) is 18.8. The zero-order valence-electron chi connectivity index (χ0n) is 29.8. The SMILES string of the molecule is N#Cc1c(N)sc2c(F)ccc(-c3c(Cl)cc4c(N5CCCCC6(CN(C(=O)C7CCOCC7)C6)C5)nc(OC[C@@]56CCCN5C[C@H](F)C6)nc4c3F)c12. The number of amides is 1. The first-order valence-corrected chi connectivity index (χ1v) is 20.0. The van der Waals surface area contributed by atoms with Crippen LogP contribution < -0.4 is 15.4 Å². The van der Waals surface area contributed by atoms with Crippen LogP contribution in [0.4, 0.5) is 24.0 Å². The Hall–Kier alpha value is -3.90. The number of halogens is 4. The number of nitrogens with two attached hydrogens (primary N) is 1. The number of nitrogen functional groups attached to an aromatic ring is 1. The standard InChI is InChI=1S/C39H41ClF3N7O3S/c40-27-14-25-32(31(43)30(27)24-4-5-28(42)33-29(24)26(16-44)34(45)54-33)46-37(53-21-39-9-3-11-50(39)17-23(41)15-39)47-35(25)48-10-2-1-8-38(18-48)19-49(20-38)36(51)22-6-12-52-13-7-22/h4-5,14,22-23H,1-3,6-13,15,17-21,45H2/t23-,39+/m1/s1. The number of nitriles is 1. The van der Waals surface area contributed by atoms with Gasteiger partial charge in [0.1, 0.15) is 41.0 Å². The van der Waals surface area contributed by atoms with Crippen molar-refractivity contribution in [2.24, 2.45) is 11.3 Å². The number of fused-ring (bicyclic) bond motifs is 3. The molecular formula is C39H41ClF3N7O3S. The van der Waals surface area contributed by atoms with Crippen molar-refractivity contribution < 1.29 is 27.4 Å². The zero-order chi connectivity index (χ0) is 37.4. The highest BCUT2D eigenvalue weighted by molar-refractivity contribution is 7.23. The van der Waals surface area contributed by atoms with Gasteiger partial charge < -0.3 is 25.0 Å². The van der Waals surface area contributed by atoms with Crippen LogP contribution in [0.2, 0.25) is 5.02 Å². The number of alkyl halides is 1. The predicted molar refractivity (Wildman–Crippen MR) is 202 cm³/mol. The minimum Gasteiger partial charge on any atom is -0.461 e. The molecule has 9 rings (SSSR count). The van der Waals surface area contributed by atoms with Crippen molar-refractivity contribution in [2.75, 3.05) is 69.7 Å². The van der Waals surface area contributed by atoms with Crippen LogP contribution >= 0.6 is 22.9 Å². The van der Waals surface area contributed by atoms with Crippen molar-refractivity contribution in [1.29, 1.82) is 5.26 Å². The molecule has 54 heavy (non-hydrogen) atoms. The van der Waals surface area contributed by atoms with Gasteiger partial charge in [-0.2, -0.15) is 15.2 Å². The largest absolute Gasteiger partial charge is 0.461 e. The van der Waals surface area contributed by atoms with E-state index in [-0.39, 0.29) is 72.2 Å². The Balaban J connectivity index is 1.12. The van der Waals surface area contributed by atoms with E-state index in [0.717, 1.165) is 62.8 Å². The van der Waals surface area contributed by atoms with Gasteiger partial charge in [-0.05, 0) is 62.8 Å². The van der Waals surface area contributed by atoms with Crippen LogP contribution in [-0.4, -0.2) is 96.5 Å². The maximum absolute atomic E-state index is 17.3. The second-order valence-corrected chi connectivity index (χ2v) is 17.3. The average molecular weight is 780 g/mol. The maximum Gasteiger partial charge on any atom is 0.319 e. The molecule has 0 bridgehead atoms. The molecule has 5 aliphatic heterocycles. The molecule has 5 saturated heterocycles. The molecule has 7 heterocycles. The average Bonchev–Trinajstić information content (AvgIpc) is 3.73. The number of nitrogens with zero attached hydrogens (tertiary/aromatic N) is 6. The van der Waals surface area contributed by atoms with Gasteiger partial charge in [0.25, 0.3) is 0 Å². The van der Waals surface area contributed by atoms with Gasteiger partial charge in [0, 0.05) is 80.0 Å². The van der Waals surface area contributed by atoms with E-state index in [1.165, 1.54) is 12.1 Å². The molecule has 2 N–H and O–H groups in total. The van der Waals surface area contributed by atoms with E-state index in [0.29, 0.717) is 63.6 Å². The Kier molecular flexibility index (Phi) is 9.07. The normalized spacial score (nSPS) is 24.5. The molecule has 0 radical (unpaired) electrons. The lowest BCUT2D eigenvalue weighted by Gasteiger charge is -2.52. The Labute approximate surface area is 319 Å². The van der Waals surface area contributed by atoms with Crippen LogP contribution in [0.25, 0.3) is 32.1 Å². The summed E-state index contributed by atoms with van der Waals surface area (Å²) in [6.45, 7) is 5.03. The Morgan fingerprint density at radius 1 is 1.13 bits per heavy atom. The first-order chi connectivity index (χ1) is 26.1. The van der Waals surface area contributed by atoms with E-state index in [1.807, 2.05) is 4.90 Å². The van der Waals surface area contributed by atoms with Crippen molar-refractivity contribution in [3.8, 4) is 23.2 Å². The molecule has 0 unspecified atom stereocenters. The lowest BCUT2D eigenvalue weighted by Crippen LogP contribution is -2.63. The van der Waals surface area contributed by atoms with Crippen LogP contribution in [0.5, 0.6) is 6.01 Å². The van der Waals surface area contributed by atoms with Gasteiger partial charge in [-0.25, -0.2) is 13.2 Å². The van der Waals surface area contributed by atoms with Crippen LogP contribution in [0.1, 0.15) is 56.9 Å². The van der Waals surface area contributed by atoms with Gasteiger partial charge >= 0.3 is 6.01 Å². The summed E-state index contributed by atoms with van der Waals surface area (Å²) in [5.74, 6) is -0.697. The molecule has 2 atom stereocenters. The molecule has 1 amide bonds. The number of anilines is 2. The van der Waals surface area contributed by atoms with Gasteiger partial charge in [0.2, 0.25) is 5.91 Å². The predicted octanol–water partition coefficient (Wildman–Crippen LogP) is 7.10. The van der Waals surface area contributed by atoms with Crippen molar-refractivity contribution in [1.82, 2.24) is 19.8 Å². The molecule has 5 aliphatic rings. The van der Waals surface area contributed by atoms with Crippen LogP contribution in [0, 0.1) is 34.3 Å². The summed E-state index contributed by atoms with van der Waals surface area (Å²) in [5, 5.41) is 10.7. The number of carbonyl (C=O) groups is 1. The molecule has 1 spiro atoms. The number of ether oxygens (including phenoxy) is 2. The van der Waals surface area contributed by atoms with E-state index in [2.05, 4.69) is 20.9 Å². The maximum atomic E-state index is 17.3. The number of carbonyl (C=O) groups excluding carboxylic acids is 1. The highest BCUT2D eigenvalue weighted by Gasteiger charge is 2.50. The second-order valence-electron chi connectivity index (χ2n) is 15.8. The Morgan fingerprint density at radius 2 is 1.94 bits per heavy atom. The summed E-state index contributed by atoms with van der Waals surface area (Å²) >= 11 is 7.89. The molecule has 2 aromatic heterocycles. The van der Waals surface area contributed by atoms with Gasteiger partial charge in [0.05, 0.1) is 20.8 Å². The van der Waals surface area contributed by atoms with Gasteiger partial charge in [-0.3, -0.25) is 9.69 Å². The molecule has 5 fully saturated rings. The van der Waals surface area contributed by atoms with Gasteiger partial charge in [-0.1, -0.05) is 24.1 Å². The summed E-state index contributed by atoms with van der Waals surface area (Å²) < 4.78 is 58.9. The summed E-state index contributed by atoms with van der Waals surface area (Å²) in [6, 6.07) is 6.27. The van der Waals surface area contributed by atoms with E-state index in [4.69, 9.17) is 31.8 Å². The molecule has 0 saturated carbocycles. The Morgan fingerprint density at radius 3 is 2.74 bits per heavy atom. The Bertz CT molecular complexity index is 2200. The minimum atomic E-state index is -0.949. The number of rotatable bonds is 6. The van der Waals surface area contributed by atoms with E-state index < -0.39 is 23.3 Å². The number of thiophene rings is 1. The third-order valence-corrected chi connectivity index (χ3v) is 13.7. The van der Waals surface area contributed by atoms with Crippen LogP contribution in [0.15, 0.2) is 18.2 Å². The lowest BCUT2D eigenvalue weighted by atomic mass is 9.75. The van der Waals surface area contributed by atoms with Crippen LogP contribution in [-0.2, 0) is 9.53 Å². The summed E-state index contributed by atoms with van der Waals surface area (Å²) in [4.78, 5) is 29.2. The molecule has 284 valence electrons. The van der Waals surface area contributed by atoms with Crippen molar-refractivity contribution in [3.05, 3.63) is 40.4 Å². The summed E-state index contributed by atoms with van der Waals surface area (Å²) in [7, 11) is 0. The second kappa shape index (κ2) is 13.7. The topological polar surface area (TPSA) is 121 Å². The molecule has 0 aliphatic carbocycles. The molecule has 2 aromatic carbocycles. The minimum absolute atomic E-state index is 0.0114. The van der Waals surface area contributed by atoms with E-state index in [1.54, 1.807) is 6.07 Å². The number of likely N-dealkylation sites (tertiary alicyclic amines) is 1. The third-order valence-electron chi connectivity index (χ3n) is 12.4. The fourth-order valence-electron chi connectivity index (χ4n) is 9.80. The van der Waals surface area contributed by atoms with Crippen molar-refractivity contribution in [3.63, 3.8) is 0 Å². The van der Waals surface area contributed by atoms with Gasteiger partial charge in [-0.15, -0.1) is 11.3 Å². The number of aromatic nitrogens is 2. The monoisotopic (exact) mass is 779 g/mol. The van der Waals surface area contributed by atoms with Crippen LogP contribution in [0.3, 0.4) is 0 Å². The third kappa shape index (κ3) is 5.93. The number of hydrogen-bond acceptors (Lipinski definition) is 10. The molecule has 10 nitrogen and oxygen atoms in total. The fraction of sp³-hybridized carbons (Fsp3) is 0.538. The molecule has 4 aromatic rings. The smallest absolute Gasteiger partial charge is 0.319 e. The van der Waals surface area contributed by atoms with E-state index >= 15 is 8.78 Å². The van der Waals surface area contributed by atoms with E-state index in [9.17, 15) is 14.4 Å². The first kappa shape index (κ1) is 35.8. The fourth-order valence-corrected chi connectivity index (χ4v) is 11.0. The van der Waals surface area contributed by atoms with Gasteiger partial charge in [0.15, 0.2) is 5.82 Å². The lowest BCUT2D eigenvalue weighted by molar-refractivity contribution is -0.150. The molecule has 15 heteroatoms. The van der Waals surface area contributed by atoms with Crippen molar-refractivity contribution in [2.45, 2.75) is 63.1 Å². The number of benzene rings is 2. The summed E-state index contributed by atoms with van der Waals surface area (Å²) in [6.07, 6.45) is 5.38. The quantitative estimate of drug-likeness (QED) is 0.219. The molecular weight excluding hydrogens is 739 g/mol.